The van der Waals surface area contributed by atoms with Crippen LogP contribution in [0.1, 0.15) is 12.5 Å². The molecule has 0 spiro atoms. The molecule has 6 nitrogen and oxygen atoms in total. The van der Waals surface area contributed by atoms with Crippen molar-refractivity contribution in [1.29, 1.82) is 0 Å². The van der Waals surface area contributed by atoms with Crippen molar-refractivity contribution < 1.29 is 9.18 Å². The van der Waals surface area contributed by atoms with Crippen molar-refractivity contribution in [3.8, 4) is 0 Å². The number of nitrogens with zero attached hydrogens (tertiary/aromatic N) is 5. The summed E-state index contributed by atoms with van der Waals surface area (Å²) in [5, 5.41) is 12.2. The molecule has 1 saturated heterocycles. The van der Waals surface area contributed by atoms with Gasteiger partial charge < -0.3 is 0 Å². The molecule has 22 heavy (non-hydrogen) atoms. The Hall–Kier alpha value is -2.48. The molecular weight excluding hydrogens is 305 g/mol. The zero-order valence-electron chi connectivity index (χ0n) is 11.7. The predicted octanol–water partition coefficient (Wildman–Crippen LogP) is 2.17. The number of thioether (sulfide) groups is 1. The maximum atomic E-state index is 12.9. The highest BCUT2D eigenvalue weighted by atomic mass is 32.2. The average molecular weight is 317 g/mol. The van der Waals surface area contributed by atoms with E-state index in [1.165, 1.54) is 41.2 Å². The van der Waals surface area contributed by atoms with Crippen molar-refractivity contribution in [2.45, 2.75) is 6.92 Å². The topological polar surface area (TPSA) is 63.4 Å². The minimum absolute atomic E-state index is 0.122. The molecule has 1 aromatic carbocycles. The van der Waals surface area contributed by atoms with Crippen LogP contribution < -0.4 is 0 Å². The summed E-state index contributed by atoms with van der Waals surface area (Å²) in [6, 6.07) is 5.98. The van der Waals surface area contributed by atoms with Crippen LogP contribution in [0, 0.1) is 5.82 Å². The third-order valence-corrected chi connectivity index (χ3v) is 3.98. The fourth-order valence-electron chi connectivity index (χ4n) is 1.92. The Morgan fingerprint density at radius 3 is 2.59 bits per heavy atom. The van der Waals surface area contributed by atoms with E-state index in [9.17, 15) is 9.18 Å². The Bertz CT molecular complexity index is 739. The first-order chi connectivity index (χ1) is 10.7. The van der Waals surface area contributed by atoms with Gasteiger partial charge in [0, 0.05) is 6.54 Å². The second-order valence-corrected chi connectivity index (χ2v) is 5.45. The van der Waals surface area contributed by atoms with Gasteiger partial charge in [0.2, 0.25) is 0 Å². The third-order valence-electron chi connectivity index (χ3n) is 2.98. The van der Waals surface area contributed by atoms with Gasteiger partial charge in [-0.15, -0.1) is 15.3 Å². The molecule has 112 valence electrons. The van der Waals surface area contributed by atoms with Crippen LogP contribution >= 0.6 is 11.8 Å². The fourth-order valence-corrected chi connectivity index (χ4v) is 2.96. The number of aromatic nitrogens is 3. The lowest BCUT2D eigenvalue weighted by Gasteiger charge is -2.11. The Labute approximate surface area is 130 Å². The van der Waals surface area contributed by atoms with E-state index < -0.39 is 0 Å². The van der Waals surface area contributed by atoms with Crippen molar-refractivity contribution in [2.75, 3.05) is 6.54 Å². The van der Waals surface area contributed by atoms with E-state index in [1.807, 2.05) is 6.92 Å². The van der Waals surface area contributed by atoms with Gasteiger partial charge in [-0.3, -0.25) is 9.69 Å². The first-order valence-corrected chi connectivity index (χ1v) is 7.39. The molecule has 3 rings (SSSR count). The SMILES string of the molecule is CCN1C(=O)/C(=C/c2ccc(F)cc2)SC1=Nn1cnnc1. The van der Waals surface area contributed by atoms with Crippen LogP contribution in [0.25, 0.3) is 6.08 Å². The summed E-state index contributed by atoms with van der Waals surface area (Å²) >= 11 is 1.27. The van der Waals surface area contributed by atoms with E-state index in [4.69, 9.17) is 0 Å². The van der Waals surface area contributed by atoms with Crippen LogP contribution in [0.2, 0.25) is 0 Å². The number of hydrogen-bond acceptors (Lipinski definition) is 5. The zero-order valence-corrected chi connectivity index (χ0v) is 12.5. The van der Waals surface area contributed by atoms with Crippen LogP contribution in [-0.4, -0.2) is 37.4 Å². The van der Waals surface area contributed by atoms with Gasteiger partial charge in [-0.1, -0.05) is 12.1 Å². The molecule has 1 aliphatic rings. The van der Waals surface area contributed by atoms with Crippen LogP contribution in [0.3, 0.4) is 0 Å². The van der Waals surface area contributed by atoms with Crippen LogP contribution in [0.4, 0.5) is 4.39 Å². The number of halogens is 1. The number of carbonyl (C=O) groups excluding carboxylic acids is 1. The predicted molar refractivity (Wildman–Crippen MR) is 82.2 cm³/mol. The Morgan fingerprint density at radius 1 is 1.27 bits per heavy atom. The molecule has 0 saturated carbocycles. The largest absolute Gasteiger partial charge is 0.285 e. The number of benzene rings is 1. The van der Waals surface area contributed by atoms with Crippen LogP contribution in [0.5, 0.6) is 0 Å². The lowest BCUT2D eigenvalue weighted by Crippen LogP contribution is -2.29. The van der Waals surface area contributed by atoms with Gasteiger partial charge in [0.05, 0.1) is 4.91 Å². The van der Waals surface area contributed by atoms with Crippen LogP contribution in [0.15, 0.2) is 46.9 Å². The van der Waals surface area contributed by atoms with Gasteiger partial charge in [0.1, 0.15) is 18.5 Å². The van der Waals surface area contributed by atoms with E-state index in [0.29, 0.717) is 16.6 Å². The highest BCUT2D eigenvalue weighted by molar-refractivity contribution is 8.18. The van der Waals surface area contributed by atoms with Gasteiger partial charge >= 0.3 is 0 Å². The molecule has 1 amide bonds. The van der Waals surface area contributed by atoms with E-state index in [-0.39, 0.29) is 11.7 Å². The first kappa shape index (κ1) is 14.5. The molecule has 2 heterocycles. The first-order valence-electron chi connectivity index (χ1n) is 6.58. The minimum Gasteiger partial charge on any atom is -0.285 e. The number of likely N-dealkylation sites (N-methyl/N-ethyl adjacent to an activating group) is 1. The van der Waals surface area contributed by atoms with Crippen molar-refractivity contribution in [1.82, 2.24) is 19.8 Å². The molecular formula is C14H12FN5OS. The van der Waals surface area contributed by atoms with Crippen molar-refractivity contribution in [2.24, 2.45) is 5.10 Å². The van der Waals surface area contributed by atoms with E-state index in [2.05, 4.69) is 15.3 Å². The van der Waals surface area contributed by atoms with Crippen molar-refractivity contribution in [3.63, 3.8) is 0 Å². The van der Waals surface area contributed by atoms with E-state index >= 15 is 0 Å². The maximum Gasteiger partial charge on any atom is 0.266 e. The Balaban J connectivity index is 1.91. The quantitative estimate of drug-likeness (QED) is 0.814. The maximum absolute atomic E-state index is 12.9. The molecule has 0 radical (unpaired) electrons. The highest BCUT2D eigenvalue weighted by Crippen LogP contribution is 2.32. The Kier molecular flexibility index (Phi) is 4.01. The van der Waals surface area contributed by atoms with Crippen molar-refractivity contribution in [3.05, 3.63) is 53.2 Å². The molecule has 2 aromatic rings. The van der Waals surface area contributed by atoms with Gasteiger partial charge in [-0.25, -0.2) is 9.07 Å². The molecule has 0 N–H and O–H groups in total. The minimum atomic E-state index is -0.308. The second kappa shape index (κ2) is 6.10. The summed E-state index contributed by atoms with van der Waals surface area (Å²) in [6.07, 6.45) is 4.63. The lowest BCUT2D eigenvalue weighted by molar-refractivity contribution is -0.122. The Morgan fingerprint density at radius 2 is 1.95 bits per heavy atom. The summed E-state index contributed by atoms with van der Waals surface area (Å²) in [6.45, 7) is 2.38. The molecule has 1 aromatic heterocycles. The fraction of sp³-hybridized carbons (Fsp3) is 0.143. The molecule has 1 aliphatic heterocycles. The second-order valence-electron chi connectivity index (χ2n) is 4.44. The number of amidine groups is 1. The number of rotatable bonds is 3. The van der Waals surface area contributed by atoms with Crippen molar-refractivity contribution >= 4 is 28.9 Å². The standard InChI is InChI=1S/C14H12FN5OS/c1-2-20-13(21)12(7-10-3-5-11(15)6-4-10)22-14(20)18-19-8-16-17-9-19/h3-9H,2H2,1H3/b12-7-,18-14?. The molecule has 8 heteroatoms. The monoisotopic (exact) mass is 317 g/mol. The number of carbonyl (C=O) groups is 1. The number of amides is 1. The summed E-state index contributed by atoms with van der Waals surface area (Å²) in [4.78, 5) is 14.5. The molecule has 0 atom stereocenters. The van der Waals surface area contributed by atoms with E-state index in [1.54, 1.807) is 23.1 Å². The average Bonchev–Trinajstić information content (AvgIpc) is 3.11. The number of hydrogen-bond donors (Lipinski definition) is 0. The zero-order chi connectivity index (χ0) is 15.5. The smallest absolute Gasteiger partial charge is 0.266 e. The van der Waals surface area contributed by atoms with Gasteiger partial charge in [0.25, 0.3) is 5.91 Å². The van der Waals surface area contributed by atoms with Gasteiger partial charge in [-0.2, -0.15) is 0 Å². The summed E-state index contributed by atoms with van der Waals surface area (Å²) < 4.78 is 14.4. The summed E-state index contributed by atoms with van der Waals surface area (Å²) in [5.74, 6) is -0.429. The third kappa shape index (κ3) is 2.91. The van der Waals surface area contributed by atoms with Crippen LogP contribution in [-0.2, 0) is 4.79 Å². The lowest BCUT2D eigenvalue weighted by atomic mass is 10.2. The summed E-state index contributed by atoms with van der Waals surface area (Å²) in [5.41, 5.74) is 0.763. The normalized spacial score (nSPS) is 18.6. The molecule has 0 aliphatic carbocycles. The molecule has 0 bridgehead atoms. The van der Waals surface area contributed by atoms with Gasteiger partial charge in [-0.05, 0) is 42.5 Å². The molecule has 1 fully saturated rings. The highest BCUT2D eigenvalue weighted by Gasteiger charge is 2.32. The van der Waals surface area contributed by atoms with E-state index in [0.717, 1.165) is 5.56 Å². The van der Waals surface area contributed by atoms with Gasteiger partial charge in [0.15, 0.2) is 5.17 Å². The molecule has 0 unspecified atom stereocenters. The summed E-state index contributed by atoms with van der Waals surface area (Å²) in [7, 11) is 0.